The molecule has 0 spiro atoms. The molecule has 4 rings (SSSR count). The molecule has 168 valence electrons. The number of nitrogens with one attached hydrogen (secondary N) is 2. The summed E-state index contributed by atoms with van der Waals surface area (Å²) >= 11 is 5.37. The van der Waals surface area contributed by atoms with Gasteiger partial charge in [-0.3, -0.25) is 10.1 Å². The number of carbonyl (C=O) groups is 1. The van der Waals surface area contributed by atoms with Crippen LogP contribution in [0.25, 0.3) is 22.6 Å². The molecule has 0 aliphatic rings. The molecule has 1 aromatic heterocycles. The Morgan fingerprint density at radius 1 is 0.970 bits per heavy atom. The molecule has 3 aromatic carbocycles. The number of methoxy groups -OCH3 is 2. The van der Waals surface area contributed by atoms with E-state index < -0.39 is 0 Å². The van der Waals surface area contributed by atoms with Gasteiger partial charge in [-0.25, -0.2) is 4.98 Å². The van der Waals surface area contributed by atoms with Gasteiger partial charge in [0.25, 0.3) is 5.91 Å². The molecule has 0 unspecified atom stereocenters. The van der Waals surface area contributed by atoms with Crippen molar-refractivity contribution in [3.05, 3.63) is 71.3 Å². The molecule has 7 nitrogen and oxygen atoms in total. The normalized spacial score (nSPS) is 10.7. The zero-order valence-corrected chi connectivity index (χ0v) is 19.5. The van der Waals surface area contributed by atoms with Crippen LogP contribution in [0.2, 0.25) is 0 Å². The first-order chi connectivity index (χ1) is 15.9. The van der Waals surface area contributed by atoms with Crippen molar-refractivity contribution in [1.29, 1.82) is 0 Å². The Labute approximate surface area is 196 Å². The predicted octanol–water partition coefficient (Wildman–Crippen LogP) is 5.26. The lowest BCUT2D eigenvalue weighted by Gasteiger charge is -2.13. The average molecular weight is 462 g/mol. The average Bonchev–Trinajstić information content (AvgIpc) is 3.23. The van der Waals surface area contributed by atoms with Crippen molar-refractivity contribution in [3.8, 4) is 23.0 Å². The Morgan fingerprint density at radius 2 is 1.76 bits per heavy atom. The topological polar surface area (TPSA) is 85.6 Å². The number of nitrogens with zero attached hydrogens (tertiary/aromatic N) is 1. The van der Waals surface area contributed by atoms with Crippen LogP contribution in [-0.2, 0) is 0 Å². The largest absolute Gasteiger partial charge is 0.493 e. The maximum atomic E-state index is 12.7. The Hall–Kier alpha value is -3.91. The molecule has 0 saturated carbocycles. The molecular formula is C25H23N3O4S. The summed E-state index contributed by atoms with van der Waals surface area (Å²) in [5.41, 5.74) is 5.51. The number of hydrogen-bond acceptors (Lipinski definition) is 6. The van der Waals surface area contributed by atoms with E-state index in [0.29, 0.717) is 23.0 Å². The number of fused-ring (bicyclic) bond motifs is 1. The third-order valence-corrected chi connectivity index (χ3v) is 5.35. The summed E-state index contributed by atoms with van der Waals surface area (Å²) in [6, 6.07) is 16.6. The summed E-state index contributed by atoms with van der Waals surface area (Å²) in [7, 11) is 3.05. The first kappa shape index (κ1) is 22.3. The number of amides is 1. The molecule has 0 aliphatic heterocycles. The van der Waals surface area contributed by atoms with E-state index in [9.17, 15) is 4.79 Å². The monoisotopic (exact) mass is 461 g/mol. The number of thiocarbonyl (C=S) groups is 1. The molecule has 4 aromatic rings. The highest BCUT2D eigenvalue weighted by atomic mass is 32.1. The highest BCUT2D eigenvalue weighted by Gasteiger charge is 2.14. The number of anilines is 1. The Kier molecular flexibility index (Phi) is 6.28. The second-order valence-electron chi connectivity index (χ2n) is 7.50. The predicted molar refractivity (Wildman–Crippen MR) is 132 cm³/mol. The maximum Gasteiger partial charge on any atom is 0.257 e. The van der Waals surface area contributed by atoms with E-state index in [1.807, 2.05) is 50.2 Å². The third-order valence-electron chi connectivity index (χ3n) is 5.15. The molecule has 1 heterocycles. The van der Waals surface area contributed by atoms with Crippen LogP contribution in [0.1, 0.15) is 21.5 Å². The minimum Gasteiger partial charge on any atom is -0.493 e. The van der Waals surface area contributed by atoms with Crippen LogP contribution in [0.4, 0.5) is 5.69 Å². The zero-order chi connectivity index (χ0) is 23.5. The standard InChI is InChI=1S/C25H23N3O4S/c1-14-5-9-18-21(11-14)32-24(26-18)17-7-6-15(2)19(12-17)27-25(33)28-23(29)16-8-10-20(30-3)22(13-16)31-4/h5-13H,1-4H3,(H2,27,28,29,33). The second kappa shape index (κ2) is 9.30. The van der Waals surface area contributed by atoms with E-state index in [1.165, 1.54) is 14.2 Å². The van der Waals surface area contributed by atoms with Crippen molar-refractivity contribution in [2.45, 2.75) is 13.8 Å². The molecular weight excluding hydrogens is 438 g/mol. The van der Waals surface area contributed by atoms with Crippen molar-refractivity contribution in [1.82, 2.24) is 10.3 Å². The van der Waals surface area contributed by atoms with Crippen LogP contribution in [0, 0.1) is 13.8 Å². The van der Waals surface area contributed by atoms with Gasteiger partial charge in [0.1, 0.15) is 5.52 Å². The lowest BCUT2D eigenvalue weighted by molar-refractivity contribution is 0.0977. The molecule has 0 radical (unpaired) electrons. The molecule has 0 saturated heterocycles. The first-order valence-electron chi connectivity index (χ1n) is 10.2. The summed E-state index contributed by atoms with van der Waals surface area (Å²) in [6.45, 7) is 3.95. The number of aromatic nitrogens is 1. The smallest absolute Gasteiger partial charge is 0.257 e. The molecule has 1 amide bonds. The van der Waals surface area contributed by atoms with Gasteiger partial charge in [0, 0.05) is 16.8 Å². The van der Waals surface area contributed by atoms with E-state index in [1.54, 1.807) is 18.2 Å². The van der Waals surface area contributed by atoms with Gasteiger partial charge in [0.15, 0.2) is 22.2 Å². The van der Waals surface area contributed by atoms with E-state index in [4.69, 9.17) is 26.1 Å². The SMILES string of the molecule is COc1ccc(C(=O)NC(=S)Nc2cc(-c3nc4ccc(C)cc4o3)ccc2C)cc1OC. The fourth-order valence-electron chi connectivity index (χ4n) is 3.35. The fourth-order valence-corrected chi connectivity index (χ4v) is 3.55. The van der Waals surface area contributed by atoms with Crippen molar-refractivity contribution in [3.63, 3.8) is 0 Å². The molecule has 2 N–H and O–H groups in total. The minimum atomic E-state index is -0.364. The quantitative estimate of drug-likeness (QED) is 0.392. The van der Waals surface area contributed by atoms with Gasteiger partial charge < -0.3 is 19.2 Å². The molecule has 33 heavy (non-hydrogen) atoms. The molecule has 8 heteroatoms. The summed E-state index contributed by atoms with van der Waals surface area (Å²) in [6.07, 6.45) is 0. The van der Waals surface area contributed by atoms with E-state index >= 15 is 0 Å². The highest BCUT2D eigenvalue weighted by Crippen LogP contribution is 2.29. The lowest BCUT2D eigenvalue weighted by Crippen LogP contribution is -2.34. The van der Waals surface area contributed by atoms with Gasteiger partial charge in [0.05, 0.1) is 14.2 Å². The van der Waals surface area contributed by atoms with Crippen LogP contribution in [-0.4, -0.2) is 30.2 Å². The summed E-state index contributed by atoms with van der Waals surface area (Å²) in [5, 5.41) is 5.95. The number of oxazole rings is 1. The van der Waals surface area contributed by atoms with Crippen LogP contribution >= 0.6 is 12.2 Å². The van der Waals surface area contributed by atoms with Crippen molar-refractivity contribution in [2.24, 2.45) is 0 Å². The van der Waals surface area contributed by atoms with E-state index in [-0.39, 0.29) is 11.0 Å². The van der Waals surface area contributed by atoms with E-state index in [2.05, 4.69) is 15.6 Å². The van der Waals surface area contributed by atoms with Gasteiger partial charge in [-0.2, -0.15) is 0 Å². The molecule has 0 bridgehead atoms. The van der Waals surface area contributed by atoms with Crippen molar-refractivity contribution >= 4 is 40.0 Å². The number of benzene rings is 3. The van der Waals surface area contributed by atoms with Crippen LogP contribution in [0.3, 0.4) is 0 Å². The van der Waals surface area contributed by atoms with Gasteiger partial charge >= 0.3 is 0 Å². The third kappa shape index (κ3) is 4.80. The highest BCUT2D eigenvalue weighted by molar-refractivity contribution is 7.80. The molecule has 0 atom stereocenters. The van der Waals surface area contributed by atoms with Crippen molar-refractivity contribution in [2.75, 3.05) is 19.5 Å². The van der Waals surface area contributed by atoms with Crippen LogP contribution < -0.4 is 20.1 Å². The second-order valence-corrected chi connectivity index (χ2v) is 7.91. The Bertz CT molecular complexity index is 1360. The van der Waals surface area contributed by atoms with E-state index in [0.717, 1.165) is 33.5 Å². The Morgan fingerprint density at radius 3 is 2.52 bits per heavy atom. The van der Waals surface area contributed by atoms with Crippen LogP contribution in [0.5, 0.6) is 11.5 Å². The lowest BCUT2D eigenvalue weighted by atomic mass is 10.1. The minimum absolute atomic E-state index is 0.170. The van der Waals surface area contributed by atoms with Gasteiger partial charge in [-0.1, -0.05) is 12.1 Å². The zero-order valence-electron chi connectivity index (χ0n) is 18.7. The first-order valence-corrected chi connectivity index (χ1v) is 10.6. The Balaban J connectivity index is 1.51. The maximum absolute atomic E-state index is 12.7. The fraction of sp³-hybridized carbons (Fsp3) is 0.160. The number of rotatable bonds is 5. The summed E-state index contributed by atoms with van der Waals surface area (Å²) in [4.78, 5) is 17.2. The van der Waals surface area contributed by atoms with Crippen LogP contribution in [0.15, 0.2) is 59.0 Å². The number of ether oxygens (including phenoxy) is 2. The number of aryl methyl sites for hydroxylation is 2. The number of carbonyl (C=O) groups excluding carboxylic acids is 1. The number of hydrogen-bond donors (Lipinski definition) is 2. The van der Waals surface area contributed by atoms with Gasteiger partial charge in [-0.15, -0.1) is 0 Å². The summed E-state index contributed by atoms with van der Waals surface area (Å²) in [5.74, 6) is 1.15. The molecule has 0 fully saturated rings. The van der Waals surface area contributed by atoms with Gasteiger partial charge in [0.2, 0.25) is 5.89 Å². The summed E-state index contributed by atoms with van der Waals surface area (Å²) < 4.78 is 16.4. The van der Waals surface area contributed by atoms with Crippen molar-refractivity contribution < 1.29 is 18.7 Å². The van der Waals surface area contributed by atoms with Gasteiger partial charge in [-0.05, 0) is 79.7 Å². The molecule has 0 aliphatic carbocycles.